The van der Waals surface area contributed by atoms with Gasteiger partial charge in [-0.25, -0.2) is 4.79 Å². The highest BCUT2D eigenvalue weighted by atomic mass is 16.3. The fraction of sp³-hybridized carbons (Fsp3) is 0. The van der Waals surface area contributed by atoms with Crippen LogP contribution in [0.2, 0.25) is 0 Å². The molecule has 2 aromatic carbocycles. The summed E-state index contributed by atoms with van der Waals surface area (Å²) < 4.78 is 1.46. The quantitative estimate of drug-likeness (QED) is 0.405. The van der Waals surface area contributed by atoms with Crippen LogP contribution < -0.4 is 5.69 Å². The molecule has 0 unspecified atom stereocenters. The number of H-pyrrole nitrogens is 1. The van der Waals surface area contributed by atoms with E-state index in [2.05, 4.69) is 9.97 Å². The Morgan fingerprint density at radius 1 is 1.07 bits per heavy atom. The zero-order chi connectivity index (χ0) is 20.2. The van der Waals surface area contributed by atoms with Crippen molar-refractivity contribution in [2.24, 2.45) is 0 Å². The molecule has 4 aromatic rings. The summed E-state index contributed by atoms with van der Waals surface area (Å²) in [5.74, 6) is -0.0656. The molecule has 0 atom stereocenters. The van der Waals surface area contributed by atoms with Crippen LogP contribution in [0.1, 0.15) is 15.9 Å². The molecular formula is C23H17N3O3. The molecule has 2 N–H and O–H groups in total. The Kier molecular flexibility index (Phi) is 4.90. The molecule has 0 saturated carbocycles. The highest BCUT2D eigenvalue weighted by Gasteiger charge is 2.09. The summed E-state index contributed by atoms with van der Waals surface area (Å²) in [6, 6.07) is 17.1. The first kappa shape index (κ1) is 18.2. The molecular weight excluding hydrogens is 366 g/mol. The van der Waals surface area contributed by atoms with Crippen LogP contribution in [0.15, 0.2) is 90.1 Å². The summed E-state index contributed by atoms with van der Waals surface area (Å²) in [4.78, 5) is 31.8. The molecule has 0 saturated heterocycles. The zero-order valence-corrected chi connectivity index (χ0v) is 15.3. The molecule has 0 radical (unpaired) electrons. The Labute approximate surface area is 166 Å². The molecule has 0 spiro atoms. The first-order chi connectivity index (χ1) is 14.1. The number of hydrogen-bond acceptors (Lipinski definition) is 4. The third kappa shape index (κ3) is 4.06. The smallest absolute Gasteiger partial charge is 0.330 e. The predicted octanol–water partition coefficient (Wildman–Crippen LogP) is 3.83. The summed E-state index contributed by atoms with van der Waals surface area (Å²) in [6.07, 6.45) is 8.10. The maximum atomic E-state index is 12.5. The van der Waals surface area contributed by atoms with E-state index in [0.29, 0.717) is 16.9 Å². The Morgan fingerprint density at radius 3 is 2.72 bits per heavy atom. The van der Waals surface area contributed by atoms with Crippen molar-refractivity contribution >= 4 is 11.9 Å². The maximum Gasteiger partial charge on any atom is 0.330 e. The van der Waals surface area contributed by atoms with Crippen molar-refractivity contribution in [1.82, 2.24) is 14.5 Å². The van der Waals surface area contributed by atoms with Gasteiger partial charge in [0, 0.05) is 29.7 Å². The number of allylic oxidation sites excluding steroid dienone is 1. The van der Waals surface area contributed by atoms with Crippen LogP contribution in [0.5, 0.6) is 5.75 Å². The van der Waals surface area contributed by atoms with Crippen LogP contribution in [0.3, 0.4) is 0 Å². The van der Waals surface area contributed by atoms with E-state index < -0.39 is 0 Å². The second-order valence-electron chi connectivity index (χ2n) is 6.43. The minimum atomic E-state index is -0.302. The minimum Gasteiger partial charge on any atom is -0.508 e. The van der Waals surface area contributed by atoms with Crippen molar-refractivity contribution < 1.29 is 9.90 Å². The third-order valence-electron chi connectivity index (χ3n) is 4.40. The Balaban J connectivity index is 1.62. The van der Waals surface area contributed by atoms with Gasteiger partial charge in [0.05, 0.1) is 11.4 Å². The SMILES string of the molecule is O=C(/C=C/c1cccc(O)c1)c1cccc(-n2cc(-c3cccnc3)[nH]c2=O)c1. The molecule has 0 amide bonds. The normalized spacial score (nSPS) is 11.0. The molecule has 0 bridgehead atoms. The third-order valence-corrected chi connectivity index (χ3v) is 4.40. The van der Waals surface area contributed by atoms with Gasteiger partial charge in [0.1, 0.15) is 5.75 Å². The summed E-state index contributed by atoms with van der Waals surface area (Å²) in [5, 5.41) is 9.51. The number of rotatable bonds is 5. The molecule has 6 nitrogen and oxygen atoms in total. The lowest BCUT2D eigenvalue weighted by molar-refractivity contribution is 0.104. The lowest BCUT2D eigenvalue weighted by Gasteiger charge is -2.03. The van der Waals surface area contributed by atoms with Gasteiger partial charge in [-0.2, -0.15) is 0 Å². The molecule has 0 aliphatic rings. The topological polar surface area (TPSA) is 88.0 Å². The number of phenolic OH excluding ortho intramolecular Hbond substituents is 1. The molecule has 2 heterocycles. The standard InChI is InChI=1S/C23H17N3O3/c27-20-8-1-4-16(12-20)9-10-22(28)17-5-2-7-19(13-17)26-15-21(25-23(26)29)18-6-3-11-24-14-18/h1-15,27H,(H,25,29)/b10-9+. The van der Waals surface area contributed by atoms with Gasteiger partial charge < -0.3 is 10.1 Å². The number of hydrogen-bond donors (Lipinski definition) is 2. The second kappa shape index (κ2) is 7.82. The van der Waals surface area contributed by atoms with Gasteiger partial charge in [-0.3, -0.25) is 14.3 Å². The summed E-state index contributed by atoms with van der Waals surface area (Å²) >= 11 is 0. The van der Waals surface area contributed by atoms with E-state index in [1.54, 1.807) is 79.3 Å². The molecule has 2 aromatic heterocycles. The van der Waals surface area contributed by atoms with Crippen molar-refractivity contribution in [3.05, 3.63) is 107 Å². The Bertz CT molecular complexity index is 1250. The van der Waals surface area contributed by atoms with E-state index in [9.17, 15) is 14.7 Å². The van der Waals surface area contributed by atoms with Crippen molar-refractivity contribution in [2.45, 2.75) is 0 Å². The molecule has 142 valence electrons. The maximum absolute atomic E-state index is 12.5. The number of aromatic hydroxyl groups is 1. The minimum absolute atomic E-state index is 0.137. The van der Waals surface area contributed by atoms with Crippen molar-refractivity contribution in [3.8, 4) is 22.7 Å². The van der Waals surface area contributed by atoms with Gasteiger partial charge in [-0.15, -0.1) is 0 Å². The first-order valence-corrected chi connectivity index (χ1v) is 8.94. The monoisotopic (exact) mass is 383 g/mol. The number of pyridine rings is 1. The van der Waals surface area contributed by atoms with Gasteiger partial charge >= 0.3 is 5.69 Å². The van der Waals surface area contributed by atoms with E-state index in [1.807, 2.05) is 6.07 Å². The lowest BCUT2D eigenvalue weighted by Crippen LogP contribution is -2.14. The Hall–Kier alpha value is -4.19. The first-order valence-electron chi connectivity index (χ1n) is 8.94. The lowest BCUT2D eigenvalue weighted by atomic mass is 10.1. The fourth-order valence-corrected chi connectivity index (χ4v) is 2.96. The summed E-state index contributed by atoms with van der Waals surface area (Å²) in [6.45, 7) is 0. The van der Waals surface area contributed by atoms with Crippen LogP contribution in [-0.4, -0.2) is 25.4 Å². The van der Waals surface area contributed by atoms with Gasteiger partial charge in [0.15, 0.2) is 5.78 Å². The highest BCUT2D eigenvalue weighted by Crippen LogP contribution is 2.17. The average Bonchev–Trinajstić information content (AvgIpc) is 3.14. The van der Waals surface area contributed by atoms with Gasteiger partial charge in [0.25, 0.3) is 0 Å². The molecule has 0 aliphatic carbocycles. The van der Waals surface area contributed by atoms with Gasteiger partial charge in [-0.1, -0.05) is 30.3 Å². The molecule has 0 aliphatic heterocycles. The summed E-state index contributed by atoms with van der Waals surface area (Å²) in [5.41, 5.74) is 2.89. The van der Waals surface area contributed by atoms with Crippen LogP contribution >= 0.6 is 0 Å². The number of nitrogens with one attached hydrogen (secondary N) is 1. The number of aromatic nitrogens is 3. The van der Waals surface area contributed by atoms with Crippen molar-refractivity contribution in [3.63, 3.8) is 0 Å². The van der Waals surface area contributed by atoms with Crippen molar-refractivity contribution in [2.75, 3.05) is 0 Å². The van der Waals surface area contributed by atoms with Crippen LogP contribution in [-0.2, 0) is 0 Å². The number of carbonyl (C=O) groups excluding carboxylic acids is 1. The molecule has 0 fully saturated rings. The number of imidazole rings is 1. The highest BCUT2D eigenvalue weighted by molar-refractivity contribution is 6.07. The van der Waals surface area contributed by atoms with E-state index >= 15 is 0 Å². The summed E-state index contributed by atoms with van der Waals surface area (Å²) in [7, 11) is 0. The van der Waals surface area contributed by atoms with Crippen molar-refractivity contribution in [1.29, 1.82) is 0 Å². The second-order valence-corrected chi connectivity index (χ2v) is 6.43. The molecule has 6 heteroatoms. The number of nitrogens with zero attached hydrogens (tertiary/aromatic N) is 2. The van der Waals surface area contributed by atoms with Crippen LogP contribution in [0, 0.1) is 0 Å². The average molecular weight is 383 g/mol. The van der Waals surface area contributed by atoms with E-state index in [-0.39, 0.29) is 17.2 Å². The number of benzene rings is 2. The Morgan fingerprint density at radius 2 is 1.93 bits per heavy atom. The van der Waals surface area contributed by atoms with E-state index in [1.165, 1.54) is 10.6 Å². The number of phenols is 1. The largest absolute Gasteiger partial charge is 0.508 e. The van der Waals surface area contributed by atoms with E-state index in [0.717, 1.165) is 11.1 Å². The predicted molar refractivity (Wildman–Crippen MR) is 111 cm³/mol. The molecule has 29 heavy (non-hydrogen) atoms. The molecule has 4 rings (SSSR count). The number of carbonyl (C=O) groups is 1. The van der Waals surface area contributed by atoms with Crippen LogP contribution in [0.25, 0.3) is 23.0 Å². The van der Waals surface area contributed by atoms with E-state index in [4.69, 9.17) is 0 Å². The van der Waals surface area contributed by atoms with Gasteiger partial charge in [0.2, 0.25) is 0 Å². The fourth-order valence-electron chi connectivity index (χ4n) is 2.96. The number of aromatic amines is 1. The van der Waals surface area contributed by atoms with Gasteiger partial charge in [-0.05, 0) is 48.0 Å². The zero-order valence-electron chi connectivity index (χ0n) is 15.3. The number of ketones is 1. The van der Waals surface area contributed by atoms with Crippen LogP contribution in [0.4, 0.5) is 0 Å².